The Balaban J connectivity index is 1.71. The largest absolute Gasteiger partial charge is 0.497 e. The first-order valence-corrected chi connectivity index (χ1v) is 8.73. The number of halogens is 1. The highest BCUT2D eigenvalue weighted by atomic mass is 19.1. The van der Waals surface area contributed by atoms with Crippen molar-refractivity contribution in [2.24, 2.45) is 0 Å². The van der Waals surface area contributed by atoms with E-state index >= 15 is 0 Å². The molecule has 0 spiro atoms. The summed E-state index contributed by atoms with van der Waals surface area (Å²) in [5.41, 5.74) is 4.44. The molecule has 0 unspecified atom stereocenters. The number of methoxy groups -OCH3 is 1. The van der Waals surface area contributed by atoms with Crippen molar-refractivity contribution in [3.8, 4) is 11.4 Å². The summed E-state index contributed by atoms with van der Waals surface area (Å²) in [7, 11) is 1.63. The van der Waals surface area contributed by atoms with Crippen LogP contribution in [0.2, 0.25) is 0 Å². The highest BCUT2D eigenvalue weighted by Gasteiger charge is 2.14. The number of amides is 1. The van der Waals surface area contributed by atoms with Gasteiger partial charge in [0.25, 0.3) is 0 Å². The zero-order valence-electron chi connectivity index (χ0n) is 15.6. The van der Waals surface area contributed by atoms with Crippen molar-refractivity contribution in [3.63, 3.8) is 0 Å². The van der Waals surface area contributed by atoms with Gasteiger partial charge in [-0.25, -0.2) is 9.07 Å². The molecule has 0 aliphatic heterocycles. The van der Waals surface area contributed by atoms with Crippen LogP contribution in [0.3, 0.4) is 0 Å². The number of rotatable bonds is 6. The van der Waals surface area contributed by atoms with Crippen LogP contribution in [-0.2, 0) is 11.2 Å². The molecule has 0 aliphatic rings. The first-order chi connectivity index (χ1) is 13.0. The zero-order valence-corrected chi connectivity index (χ0v) is 15.6. The summed E-state index contributed by atoms with van der Waals surface area (Å²) in [6, 6.07) is 13.4. The third kappa shape index (κ3) is 4.34. The lowest BCUT2D eigenvalue weighted by atomic mass is 10.1. The third-order valence-corrected chi connectivity index (χ3v) is 4.47. The first-order valence-electron chi connectivity index (χ1n) is 8.73. The van der Waals surface area contributed by atoms with Gasteiger partial charge in [0.2, 0.25) is 5.91 Å². The van der Waals surface area contributed by atoms with Crippen LogP contribution < -0.4 is 10.1 Å². The summed E-state index contributed by atoms with van der Waals surface area (Å²) < 4.78 is 20.1. The van der Waals surface area contributed by atoms with Crippen molar-refractivity contribution in [2.75, 3.05) is 12.4 Å². The molecule has 1 heterocycles. The number of benzene rings is 2. The summed E-state index contributed by atoms with van der Waals surface area (Å²) >= 11 is 0. The highest BCUT2D eigenvalue weighted by molar-refractivity contribution is 5.90. The van der Waals surface area contributed by atoms with Gasteiger partial charge < -0.3 is 10.1 Å². The Bertz CT molecular complexity index is 949. The number of hydrogen-bond donors (Lipinski definition) is 1. The van der Waals surface area contributed by atoms with Crippen molar-refractivity contribution in [2.45, 2.75) is 26.7 Å². The van der Waals surface area contributed by atoms with Crippen LogP contribution in [0, 0.1) is 19.7 Å². The summed E-state index contributed by atoms with van der Waals surface area (Å²) in [4.78, 5) is 12.2. The lowest BCUT2D eigenvalue weighted by molar-refractivity contribution is -0.116. The monoisotopic (exact) mass is 367 g/mol. The second-order valence-electron chi connectivity index (χ2n) is 6.32. The number of carbonyl (C=O) groups is 1. The van der Waals surface area contributed by atoms with Crippen LogP contribution in [0.5, 0.6) is 5.75 Å². The van der Waals surface area contributed by atoms with Crippen molar-refractivity contribution in [1.29, 1.82) is 0 Å². The molecular weight excluding hydrogens is 345 g/mol. The molecule has 1 amide bonds. The summed E-state index contributed by atoms with van der Waals surface area (Å²) in [6.45, 7) is 3.93. The molecule has 3 aromatic rings. The molecule has 0 saturated heterocycles. The van der Waals surface area contributed by atoms with Gasteiger partial charge in [0.05, 0.1) is 18.5 Å². The van der Waals surface area contributed by atoms with E-state index in [2.05, 4.69) is 10.4 Å². The SMILES string of the molecule is COc1cccc(-n2nc(C)c(CCC(=O)Nc3ccc(F)cc3)c2C)c1. The van der Waals surface area contributed by atoms with Gasteiger partial charge >= 0.3 is 0 Å². The van der Waals surface area contributed by atoms with Crippen LogP contribution >= 0.6 is 0 Å². The molecule has 1 aromatic heterocycles. The average molecular weight is 367 g/mol. The van der Waals surface area contributed by atoms with Crippen LogP contribution in [0.15, 0.2) is 48.5 Å². The molecule has 0 radical (unpaired) electrons. The Kier molecular flexibility index (Phi) is 5.54. The van der Waals surface area contributed by atoms with E-state index in [0.717, 1.165) is 28.4 Å². The van der Waals surface area contributed by atoms with E-state index in [0.29, 0.717) is 18.5 Å². The normalized spacial score (nSPS) is 10.7. The maximum absolute atomic E-state index is 12.9. The number of ether oxygens (including phenoxy) is 1. The van der Waals surface area contributed by atoms with E-state index in [1.165, 1.54) is 12.1 Å². The topological polar surface area (TPSA) is 56.2 Å². The molecule has 0 fully saturated rings. The third-order valence-electron chi connectivity index (χ3n) is 4.47. The average Bonchev–Trinajstić information content (AvgIpc) is 2.96. The van der Waals surface area contributed by atoms with Gasteiger partial charge in [-0.3, -0.25) is 4.79 Å². The molecule has 27 heavy (non-hydrogen) atoms. The molecule has 2 aromatic carbocycles. The quantitative estimate of drug-likeness (QED) is 0.710. The number of aryl methyl sites for hydroxylation is 1. The molecule has 140 valence electrons. The van der Waals surface area contributed by atoms with Gasteiger partial charge in [-0.15, -0.1) is 0 Å². The number of hydrogen-bond acceptors (Lipinski definition) is 3. The summed E-state index contributed by atoms with van der Waals surface area (Å²) in [5, 5.41) is 7.40. The molecular formula is C21H22FN3O2. The molecule has 6 heteroatoms. The molecule has 1 N–H and O–H groups in total. The summed E-state index contributed by atoms with van der Waals surface area (Å²) in [6.07, 6.45) is 0.900. The van der Waals surface area contributed by atoms with Crippen molar-refractivity contribution < 1.29 is 13.9 Å². The predicted molar refractivity (Wildman–Crippen MR) is 103 cm³/mol. The van der Waals surface area contributed by atoms with Crippen LogP contribution in [-0.4, -0.2) is 22.8 Å². The van der Waals surface area contributed by atoms with Gasteiger partial charge in [-0.2, -0.15) is 5.10 Å². The van der Waals surface area contributed by atoms with Gasteiger partial charge in [0, 0.05) is 23.9 Å². The van der Waals surface area contributed by atoms with Crippen LogP contribution in [0.1, 0.15) is 23.4 Å². The Morgan fingerprint density at radius 3 is 2.63 bits per heavy atom. The van der Waals surface area contributed by atoms with E-state index in [9.17, 15) is 9.18 Å². The lowest BCUT2D eigenvalue weighted by Gasteiger charge is -2.08. The van der Waals surface area contributed by atoms with Crippen LogP contribution in [0.25, 0.3) is 5.69 Å². The first kappa shape index (κ1) is 18.6. The standard InChI is InChI=1S/C21H22FN3O2/c1-14-20(11-12-21(26)23-17-9-7-16(22)8-10-17)15(2)25(24-14)18-5-4-6-19(13-18)27-3/h4-10,13H,11-12H2,1-3H3,(H,23,26). The Hall–Kier alpha value is -3.15. The Morgan fingerprint density at radius 2 is 1.93 bits per heavy atom. The second-order valence-corrected chi connectivity index (χ2v) is 6.32. The lowest BCUT2D eigenvalue weighted by Crippen LogP contribution is -2.12. The zero-order chi connectivity index (χ0) is 19.4. The Morgan fingerprint density at radius 1 is 1.19 bits per heavy atom. The van der Waals surface area contributed by atoms with E-state index in [-0.39, 0.29) is 11.7 Å². The number of anilines is 1. The molecule has 0 atom stereocenters. The fraction of sp³-hybridized carbons (Fsp3) is 0.238. The van der Waals surface area contributed by atoms with Gasteiger partial charge in [0.15, 0.2) is 0 Å². The maximum atomic E-state index is 12.9. The predicted octanol–water partition coefficient (Wildman–Crippen LogP) is 4.21. The number of carbonyl (C=O) groups excluding carboxylic acids is 1. The van der Waals surface area contributed by atoms with Crippen molar-refractivity contribution in [1.82, 2.24) is 9.78 Å². The molecule has 3 rings (SSSR count). The van der Waals surface area contributed by atoms with Crippen molar-refractivity contribution in [3.05, 3.63) is 71.3 Å². The minimum absolute atomic E-state index is 0.116. The molecule has 0 bridgehead atoms. The van der Waals surface area contributed by atoms with Crippen molar-refractivity contribution >= 4 is 11.6 Å². The molecule has 5 nitrogen and oxygen atoms in total. The minimum Gasteiger partial charge on any atom is -0.497 e. The Labute approximate surface area is 157 Å². The number of nitrogens with one attached hydrogen (secondary N) is 1. The van der Waals surface area contributed by atoms with Gasteiger partial charge in [0.1, 0.15) is 11.6 Å². The van der Waals surface area contributed by atoms with Gasteiger partial charge in [-0.05, 0) is 62.2 Å². The fourth-order valence-corrected chi connectivity index (χ4v) is 3.03. The molecule has 0 aliphatic carbocycles. The van der Waals surface area contributed by atoms with Gasteiger partial charge in [-0.1, -0.05) is 6.07 Å². The fourth-order valence-electron chi connectivity index (χ4n) is 3.03. The molecule has 0 saturated carbocycles. The summed E-state index contributed by atoms with van der Waals surface area (Å²) in [5.74, 6) is 0.319. The minimum atomic E-state index is -0.329. The number of nitrogens with zero attached hydrogens (tertiary/aromatic N) is 2. The second kappa shape index (κ2) is 8.03. The number of aromatic nitrogens is 2. The van der Waals surface area contributed by atoms with E-state index in [4.69, 9.17) is 4.74 Å². The highest BCUT2D eigenvalue weighted by Crippen LogP contribution is 2.22. The van der Waals surface area contributed by atoms with E-state index in [1.807, 2.05) is 42.8 Å². The maximum Gasteiger partial charge on any atom is 0.224 e. The van der Waals surface area contributed by atoms with E-state index in [1.54, 1.807) is 19.2 Å². The van der Waals surface area contributed by atoms with Crippen LogP contribution in [0.4, 0.5) is 10.1 Å². The van der Waals surface area contributed by atoms with E-state index < -0.39 is 0 Å². The smallest absolute Gasteiger partial charge is 0.224 e.